The van der Waals surface area contributed by atoms with Gasteiger partial charge in [-0.15, -0.1) is 11.6 Å². The van der Waals surface area contributed by atoms with Crippen molar-refractivity contribution in [3.05, 3.63) is 83.0 Å². The Hall–Kier alpha value is -4.00. The highest BCUT2D eigenvalue weighted by molar-refractivity contribution is 6.52. The van der Waals surface area contributed by atoms with Gasteiger partial charge in [0.1, 0.15) is 11.5 Å². The van der Waals surface area contributed by atoms with E-state index in [4.69, 9.17) is 25.8 Å². The molecular formula is C47H63ClN6O5. The van der Waals surface area contributed by atoms with Crippen molar-refractivity contribution in [2.24, 2.45) is 0 Å². The molecule has 1 amide bonds. The van der Waals surface area contributed by atoms with Crippen molar-refractivity contribution < 1.29 is 23.8 Å². The fourth-order valence-electron chi connectivity index (χ4n) is 9.94. The number of likely N-dealkylation sites (N-methyl/N-ethyl adjacent to an activating group) is 2. The van der Waals surface area contributed by atoms with E-state index in [0.29, 0.717) is 80.5 Å². The number of alkyl halides is 1. The van der Waals surface area contributed by atoms with E-state index in [2.05, 4.69) is 89.3 Å². The minimum absolute atomic E-state index is 0.00775. The molecule has 2 aromatic carbocycles. The van der Waals surface area contributed by atoms with Crippen LogP contribution in [0.1, 0.15) is 64.0 Å². The number of hydrogen-bond acceptors (Lipinski definition) is 10. The molecule has 0 saturated carbocycles. The molecule has 1 aliphatic carbocycles. The summed E-state index contributed by atoms with van der Waals surface area (Å²) in [4.78, 5) is 37.2. The zero-order chi connectivity index (χ0) is 41.7. The van der Waals surface area contributed by atoms with Crippen molar-refractivity contribution in [2.75, 3.05) is 88.9 Å². The summed E-state index contributed by atoms with van der Waals surface area (Å²) in [6, 6.07) is 14.7. The van der Waals surface area contributed by atoms with Crippen LogP contribution in [0.25, 0.3) is 0 Å². The topological polar surface area (TPSA) is 111 Å². The molecule has 0 aromatic heterocycles. The number of carbonyl (C=O) groups is 2. The quantitative estimate of drug-likeness (QED) is 0.116. The lowest BCUT2D eigenvalue weighted by Crippen LogP contribution is -2.68. The van der Waals surface area contributed by atoms with E-state index in [-0.39, 0.29) is 17.4 Å². The standard InChI is InChI=1S/C43H54N6O5.C4H9Cl/c1-5-7-35-36(12-13-40(50)45-14-16-53-18-17-52-15-6-2)43(42(44)41(35)51)23-28-8-9-29(48-31-19-32(48)25-46(3)24-31)21-38(28)54-39-22-30(10-11-37(39)43)49-33-20-34(49)27-47(4)26-33;1-2-3-4-5/h5,7-13,21-22,31-34,44H,6,14-20,23-27H2,1-4H3,(H,45,50);2-4H2,1H3/b7-5-,13-12+,44-42?;. The van der Waals surface area contributed by atoms with E-state index in [1.165, 1.54) is 25.3 Å². The third-order valence-corrected chi connectivity index (χ3v) is 12.9. The molecule has 6 aliphatic rings. The third kappa shape index (κ3) is 8.77. The number of allylic oxidation sites excluding steroid dienone is 5. The van der Waals surface area contributed by atoms with E-state index in [1.54, 1.807) is 12.2 Å². The molecular weight excluding hydrogens is 764 g/mol. The zero-order valence-electron chi connectivity index (χ0n) is 35.6. The number of piperidine rings is 2. The number of Topliss-reactive ketones (excluding diaryl/α,β-unsaturated/α-hetero) is 1. The lowest BCUT2D eigenvalue weighted by atomic mass is 9.69. The van der Waals surface area contributed by atoms with Gasteiger partial charge in [-0.05, 0) is 76.4 Å². The first kappa shape index (κ1) is 43.1. The molecule has 59 heavy (non-hydrogen) atoms. The SMILES string of the molecule is C/C=C\C1=C(/C=C/C(=O)NCCOCCOCCC)C2(Cc3ccc(N4C5CC4CN(C)C5)cc3Oc3cc(N4C5CC4CN(C)C5)ccc32)C(=N)C1=O.CCCCCl. The summed E-state index contributed by atoms with van der Waals surface area (Å²) in [6.07, 6.45) is 12.9. The first-order valence-corrected chi connectivity index (χ1v) is 22.2. The summed E-state index contributed by atoms with van der Waals surface area (Å²) in [5, 5.41) is 12.5. The maximum absolute atomic E-state index is 14.2. The molecule has 4 saturated heterocycles. The number of nitrogens with zero attached hydrogens (tertiary/aromatic N) is 4. The van der Waals surface area contributed by atoms with Crippen molar-refractivity contribution >= 4 is 40.4 Å². The first-order valence-electron chi connectivity index (χ1n) is 21.7. The Kier molecular flexibility index (Phi) is 14.0. The number of anilines is 2. The van der Waals surface area contributed by atoms with E-state index < -0.39 is 5.41 Å². The van der Waals surface area contributed by atoms with Gasteiger partial charge in [0.25, 0.3) is 0 Å². The maximum atomic E-state index is 14.2. The molecule has 4 bridgehead atoms. The van der Waals surface area contributed by atoms with Gasteiger partial charge in [0.15, 0.2) is 0 Å². The van der Waals surface area contributed by atoms with Crippen molar-refractivity contribution in [3.8, 4) is 11.5 Å². The number of halogens is 1. The van der Waals surface area contributed by atoms with Crippen LogP contribution in [0.5, 0.6) is 11.5 Å². The number of amides is 1. The van der Waals surface area contributed by atoms with Gasteiger partial charge in [-0.25, -0.2) is 0 Å². The second-order valence-electron chi connectivity index (χ2n) is 16.9. The number of piperazine rings is 2. The molecule has 4 fully saturated rings. The molecule has 5 atom stereocenters. The second-order valence-corrected chi connectivity index (χ2v) is 17.3. The summed E-state index contributed by atoms with van der Waals surface area (Å²) >= 11 is 5.30. The summed E-state index contributed by atoms with van der Waals surface area (Å²) in [5.41, 5.74) is 3.83. The van der Waals surface area contributed by atoms with E-state index >= 15 is 0 Å². The van der Waals surface area contributed by atoms with Gasteiger partial charge in [-0.1, -0.05) is 50.6 Å². The molecule has 1 spiro atoms. The number of likely N-dealkylation sites (tertiary alicyclic amines) is 2. The van der Waals surface area contributed by atoms with Gasteiger partial charge in [0.05, 0.1) is 30.9 Å². The van der Waals surface area contributed by atoms with Crippen molar-refractivity contribution in [2.45, 2.75) is 88.9 Å². The van der Waals surface area contributed by atoms with Crippen molar-refractivity contribution in [1.82, 2.24) is 15.1 Å². The highest BCUT2D eigenvalue weighted by Crippen LogP contribution is 2.54. The molecule has 5 aliphatic heterocycles. The number of rotatable bonds is 15. The number of carbonyl (C=O) groups excluding carboxylic acids is 2. The number of benzene rings is 2. The summed E-state index contributed by atoms with van der Waals surface area (Å²) in [7, 11) is 4.38. The molecule has 5 unspecified atom stereocenters. The van der Waals surface area contributed by atoms with Gasteiger partial charge in [-0.2, -0.15) is 0 Å². The molecule has 2 aromatic rings. The first-order chi connectivity index (χ1) is 28.6. The predicted octanol–water partition coefficient (Wildman–Crippen LogP) is 6.67. The Morgan fingerprint density at radius 2 is 1.49 bits per heavy atom. The normalized spacial score (nSPS) is 26.0. The second kappa shape index (κ2) is 19.1. The van der Waals surface area contributed by atoms with Crippen molar-refractivity contribution in [1.29, 1.82) is 5.41 Å². The van der Waals surface area contributed by atoms with E-state index in [0.717, 1.165) is 73.2 Å². The third-order valence-electron chi connectivity index (χ3n) is 12.6. The largest absolute Gasteiger partial charge is 0.457 e. The summed E-state index contributed by atoms with van der Waals surface area (Å²) in [6.45, 7) is 12.6. The summed E-state index contributed by atoms with van der Waals surface area (Å²) < 4.78 is 18.1. The van der Waals surface area contributed by atoms with Crippen LogP contribution in [0.2, 0.25) is 0 Å². The van der Waals surface area contributed by atoms with Crippen LogP contribution in [0.4, 0.5) is 11.4 Å². The number of unbranched alkanes of at least 4 members (excludes halogenated alkanes) is 1. The lowest BCUT2D eigenvalue weighted by molar-refractivity contribution is -0.116. The van der Waals surface area contributed by atoms with Gasteiger partial charge >= 0.3 is 0 Å². The number of hydrogen-bond donors (Lipinski definition) is 2. The highest BCUT2D eigenvalue weighted by Gasteiger charge is 2.54. The number of fused-ring (bicyclic) bond motifs is 7. The van der Waals surface area contributed by atoms with Crippen LogP contribution < -0.4 is 19.9 Å². The number of nitrogens with one attached hydrogen (secondary N) is 2. The Balaban J connectivity index is 0.000000997. The van der Waals surface area contributed by atoms with E-state index in [9.17, 15) is 15.0 Å². The molecule has 2 N–H and O–H groups in total. The molecule has 12 heteroatoms. The van der Waals surface area contributed by atoms with Crippen LogP contribution in [0, 0.1) is 5.41 Å². The summed E-state index contributed by atoms with van der Waals surface area (Å²) in [5.74, 6) is 1.60. The van der Waals surface area contributed by atoms with E-state index in [1.807, 2.05) is 13.0 Å². The Labute approximate surface area is 355 Å². The fourth-order valence-corrected chi connectivity index (χ4v) is 10.2. The van der Waals surface area contributed by atoms with Gasteiger partial charge in [-0.3, -0.25) is 15.0 Å². The average Bonchev–Trinajstić information content (AvgIpc) is 3.30. The number of ketones is 1. The molecule has 8 rings (SSSR count). The van der Waals surface area contributed by atoms with Crippen LogP contribution in [0.15, 0.2) is 71.8 Å². The number of ether oxygens (including phenoxy) is 3. The van der Waals surface area contributed by atoms with Gasteiger partial charge in [0, 0.05) is 110 Å². The predicted molar refractivity (Wildman–Crippen MR) is 237 cm³/mol. The zero-order valence-corrected chi connectivity index (χ0v) is 36.4. The lowest BCUT2D eigenvalue weighted by Gasteiger charge is -2.57. The average molecular weight is 828 g/mol. The van der Waals surface area contributed by atoms with Crippen LogP contribution in [-0.4, -0.2) is 130 Å². The minimum Gasteiger partial charge on any atom is -0.457 e. The van der Waals surface area contributed by atoms with Gasteiger partial charge in [0.2, 0.25) is 11.7 Å². The Bertz CT molecular complexity index is 1940. The monoisotopic (exact) mass is 826 g/mol. The van der Waals surface area contributed by atoms with Gasteiger partial charge < -0.3 is 39.1 Å². The molecule has 0 radical (unpaired) electrons. The van der Waals surface area contributed by atoms with Crippen LogP contribution >= 0.6 is 11.6 Å². The maximum Gasteiger partial charge on any atom is 0.244 e. The minimum atomic E-state index is -1.16. The molecule has 5 heterocycles. The van der Waals surface area contributed by atoms with Crippen LogP contribution in [0.3, 0.4) is 0 Å². The van der Waals surface area contributed by atoms with Crippen LogP contribution in [-0.2, 0) is 30.9 Å². The molecule has 11 nitrogen and oxygen atoms in total. The Morgan fingerprint density at radius 1 is 0.881 bits per heavy atom. The molecule has 318 valence electrons. The Morgan fingerprint density at radius 3 is 2.07 bits per heavy atom. The highest BCUT2D eigenvalue weighted by atomic mass is 35.5. The van der Waals surface area contributed by atoms with Crippen molar-refractivity contribution in [3.63, 3.8) is 0 Å². The smallest absolute Gasteiger partial charge is 0.244 e. The fraction of sp³-hybridized carbons (Fsp3) is 0.553.